The summed E-state index contributed by atoms with van der Waals surface area (Å²) in [6, 6.07) is -0.414. The smallest absolute Gasteiger partial charge is 0.239 e. The predicted octanol–water partition coefficient (Wildman–Crippen LogP) is -0.109. The summed E-state index contributed by atoms with van der Waals surface area (Å²) in [6.45, 7) is 2.42. The van der Waals surface area contributed by atoms with E-state index in [1.807, 2.05) is 6.92 Å². The second-order valence-electron chi connectivity index (χ2n) is 3.52. The minimum absolute atomic E-state index is 0.0618. The van der Waals surface area contributed by atoms with Crippen LogP contribution in [0.4, 0.5) is 0 Å². The van der Waals surface area contributed by atoms with E-state index >= 15 is 0 Å². The number of hydrogen-bond acceptors (Lipinski definition) is 4. The first-order valence-electron chi connectivity index (χ1n) is 5.00. The Kier molecular flexibility index (Phi) is 4.23. The highest BCUT2D eigenvalue weighted by atomic mass is 16.2. The van der Waals surface area contributed by atoms with E-state index < -0.39 is 6.04 Å². The van der Waals surface area contributed by atoms with Crippen LogP contribution >= 0.6 is 0 Å². The largest absolute Gasteiger partial charge is 0.337 e. The summed E-state index contributed by atoms with van der Waals surface area (Å²) in [6.07, 6.45) is 3.03. The van der Waals surface area contributed by atoms with Crippen molar-refractivity contribution in [2.24, 2.45) is 5.73 Å². The first-order valence-corrected chi connectivity index (χ1v) is 5.00. The minimum Gasteiger partial charge on any atom is -0.337 e. The molecule has 6 nitrogen and oxygen atoms in total. The number of nitrogens with zero attached hydrogens (tertiary/aromatic N) is 3. The van der Waals surface area contributed by atoms with Crippen LogP contribution in [0, 0.1) is 0 Å². The standard InChI is InChI=1S/C9H17N5O/c1-3-4-7(10)9(15)14(2)5-8-11-6-12-13-8/h6-7H,3-5,10H2,1-2H3,(H,11,12,13)/t7-/m1/s1. The zero-order valence-electron chi connectivity index (χ0n) is 9.10. The van der Waals surface area contributed by atoms with E-state index in [1.54, 1.807) is 11.9 Å². The van der Waals surface area contributed by atoms with E-state index in [0.717, 1.165) is 6.42 Å². The Morgan fingerprint density at radius 1 is 1.73 bits per heavy atom. The zero-order valence-corrected chi connectivity index (χ0v) is 9.10. The highest BCUT2D eigenvalue weighted by Crippen LogP contribution is 2.01. The molecule has 1 aromatic heterocycles. The fourth-order valence-electron chi connectivity index (χ4n) is 1.33. The third-order valence-electron chi connectivity index (χ3n) is 2.14. The molecular formula is C9H17N5O. The molecule has 0 saturated heterocycles. The topological polar surface area (TPSA) is 87.9 Å². The van der Waals surface area contributed by atoms with Gasteiger partial charge in [-0.2, -0.15) is 5.10 Å². The van der Waals surface area contributed by atoms with Gasteiger partial charge in [0.05, 0.1) is 12.6 Å². The van der Waals surface area contributed by atoms with E-state index in [2.05, 4.69) is 15.2 Å². The molecule has 0 radical (unpaired) electrons. The number of nitrogens with one attached hydrogen (secondary N) is 1. The van der Waals surface area contributed by atoms with E-state index in [-0.39, 0.29) is 5.91 Å². The van der Waals surface area contributed by atoms with Crippen LogP contribution in [0.2, 0.25) is 0 Å². The van der Waals surface area contributed by atoms with Gasteiger partial charge in [-0.3, -0.25) is 9.89 Å². The maximum absolute atomic E-state index is 11.7. The lowest BCUT2D eigenvalue weighted by Crippen LogP contribution is -2.41. The molecule has 0 aromatic carbocycles. The van der Waals surface area contributed by atoms with Crippen molar-refractivity contribution in [1.29, 1.82) is 0 Å². The molecule has 0 bridgehead atoms. The van der Waals surface area contributed by atoms with Crippen LogP contribution in [0.15, 0.2) is 6.33 Å². The quantitative estimate of drug-likeness (QED) is 0.711. The number of H-pyrrole nitrogens is 1. The van der Waals surface area contributed by atoms with Gasteiger partial charge in [0.25, 0.3) is 0 Å². The van der Waals surface area contributed by atoms with Gasteiger partial charge in [0.15, 0.2) is 0 Å². The summed E-state index contributed by atoms with van der Waals surface area (Å²) in [5, 5.41) is 6.41. The summed E-state index contributed by atoms with van der Waals surface area (Å²) < 4.78 is 0. The molecule has 1 amide bonds. The highest BCUT2D eigenvalue weighted by Gasteiger charge is 2.17. The molecule has 3 N–H and O–H groups in total. The number of aromatic nitrogens is 3. The van der Waals surface area contributed by atoms with Gasteiger partial charge < -0.3 is 10.6 Å². The van der Waals surface area contributed by atoms with Gasteiger partial charge in [0.2, 0.25) is 5.91 Å². The number of rotatable bonds is 5. The van der Waals surface area contributed by atoms with Crippen LogP contribution in [0.3, 0.4) is 0 Å². The molecule has 0 aliphatic heterocycles. The Hall–Kier alpha value is -1.43. The fraction of sp³-hybridized carbons (Fsp3) is 0.667. The molecule has 1 heterocycles. The second-order valence-corrected chi connectivity index (χ2v) is 3.52. The van der Waals surface area contributed by atoms with E-state index in [1.165, 1.54) is 6.33 Å². The summed E-state index contributed by atoms with van der Waals surface area (Å²) >= 11 is 0. The Morgan fingerprint density at radius 2 is 2.47 bits per heavy atom. The molecule has 1 rings (SSSR count). The van der Waals surface area contributed by atoms with Gasteiger partial charge in [-0.1, -0.05) is 13.3 Å². The fourth-order valence-corrected chi connectivity index (χ4v) is 1.33. The SMILES string of the molecule is CCC[C@@H](N)C(=O)N(C)Cc1ncn[nH]1. The number of hydrogen-bond donors (Lipinski definition) is 2. The number of carbonyl (C=O) groups is 1. The monoisotopic (exact) mass is 211 g/mol. The highest BCUT2D eigenvalue weighted by molar-refractivity contribution is 5.81. The molecule has 0 fully saturated rings. The van der Waals surface area contributed by atoms with Crippen molar-refractivity contribution >= 4 is 5.91 Å². The van der Waals surface area contributed by atoms with Gasteiger partial charge in [-0.25, -0.2) is 4.98 Å². The van der Waals surface area contributed by atoms with Crippen molar-refractivity contribution < 1.29 is 4.79 Å². The number of amides is 1. The predicted molar refractivity (Wildman–Crippen MR) is 55.7 cm³/mol. The number of carbonyl (C=O) groups excluding carboxylic acids is 1. The Balaban J connectivity index is 2.46. The summed E-state index contributed by atoms with van der Waals surface area (Å²) in [5.74, 6) is 0.600. The van der Waals surface area contributed by atoms with Gasteiger partial charge in [-0.15, -0.1) is 0 Å². The van der Waals surface area contributed by atoms with Crippen LogP contribution in [0.5, 0.6) is 0 Å². The maximum atomic E-state index is 11.7. The molecule has 0 saturated carbocycles. The van der Waals surface area contributed by atoms with Crippen molar-refractivity contribution in [3.05, 3.63) is 12.2 Å². The Bertz CT molecular complexity index is 297. The summed E-state index contributed by atoms with van der Waals surface area (Å²) in [4.78, 5) is 17.2. The molecule has 6 heteroatoms. The molecule has 84 valence electrons. The van der Waals surface area contributed by atoms with Crippen molar-refractivity contribution in [1.82, 2.24) is 20.1 Å². The van der Waals surface area contributed by atoms with Crippen LogP contribution in [-0.4, -0.2) is 39.1 Å². The molecule has 0 spiro atoms. The second kappa shape index (κ2) is 5.45. The van der Waals surface area contributed by atoms with Gasteiger partial charge in [0, 0.05) is 7.05 Å². The lowest BCUT2D eigenvalue weighted by molar-refractivity contribution is -0.132. The first-order chi connectivity index (χ1) is 7.15. The lowest BCUT2D eigenvalue weighted by atomic mass is 10.1. The van der Waals surface area contributed by atoms with E-state index in [4.69, 9.17) is 5.73 Å². The number of aromatic amines is 1. The van der Waals surface area contributed by atoms with Crippen LogP contribution in [0.25, 0.3) is 0 Å². The number of nitrogens with two attached hydrogens (primary N) is 1. The van der Waals surface area contributed by atoms with Crippen LogP contribution in [-0.2, 0) is 11.3 Å². The summed E-state index contributed by atoms with van der Waals surface area (Å²) in [5.41, 5.74) is 5.72. The molecule has 1 atom stereocenters. The third kappa shape index (κ3) is 3.32. The van der Waals surface area contributed by atoms with Crippen molar-refractivity contribution in [3.8, 4) is 0 Å². The molecule has 1 aromatic rings. The maximum Gasteiger partial charge on any atom is 0.239 e. The molecule has 15 heavy (non-hydrogen) atoms. The zero-order chi connectivity index (χ0) is 11.3. The third-order valence-corrected chi connectivity index (χ3v) is 2.14. The van der Waals surface area contributed by atoms with Crippen molar-refractivity contribution in [2.45, 2.75) is 32.4 Å². The molecule has 0 unspecified atom stereocenters. The van der Waals surface area contributed by atoms with Crippen LogP contribution < -0.4 is 5.73 Å². The Morgan fingerprint density at radius 3 is 3.00 bits per heavy atom. The van der Waals surface area contributed by atoms with E-state index in [0.29, 0.717) is 18.8 Å². The lowest BCUT2D eigenvalue weighted by Gasteiger charge is -2.19. The van der Waals surface area contributed by atoms with Crippen molar-refractivity contribution in [3.63, 3.8) is 0 Å². The van der Waals surface area contributed by atoms with Crippen LogP contribution in [0.1, 0.15) is 25.6 Å². The first kappa shape index (κ1) is 11.6. The van der Waals surface area contributed by atoms with Gasteiger partial charge in [-0.05, 0) is 6.42 Å². The van der Waals surface area contributed by atoms with Gasteiger partial charge >= 0.3 is 0 Å². The normalized spacial score (nSPS) is 12.5. The molecule has 0 aliphatic rings. The average molecular weight is 211 g/mol. The van der Waals surface area contributed by atoms with Gasteiger partial charge in [0.1, 0.15) is 12.2 Å². The minimum atomic E-state index is -0.414. The molecular weight excluding hydrogens is 194 g/mol. The van der Waals surface area contributed by atoms with E-state index in [9.17, 15) is 4.79 Å². The summed E-state index contributed by atoms with van der Waals surface area (Å²) in [7, 11) is 1.71. The average Bonchev–Trinajstić information content (AvgIpc) is 2.69. The number of likely N-dealkylation sites (N-methyl/N-ethyl adjacent to an activating group) is 1. The molecule has 0 aliphatic carbocycles. The van der Waals surface area contributed by atoms with Crippen molar-refractivity contribution in [2.75, 3.05) is 7.05 Å². The Labute approximate surface area is 88.9 Å².